The molecule has 3 aromatic rings. The zero-order chi connectivity index (χ0) is 20.2. The van der Waals surface area contributed by atoms with Crippen molar-refractivity contribution in [1.29, 1.82) is 0 Å². The zero-order valence-corrected chi connectivity index (χ0v) is 17.2. The van der Waals surface area contributed by atoms with Crippen LogP contribution in [0.5, 0.6) is 0 Å². The number of rotatable bonds is 5. The number of hydrogen-bond acceptors (Lipinski definition) is 4. The van der Waals surface area contributed by atoms with Gasteiger partial charge in [0.1, 0.15) is 0 Å². The average molecular weight is 426 g/mol. The van der Waals surface area contributed by atoms with Crippen LogP contribution < -0.4 is 10.6 Å². The molecule has 0 spiro atoms. The fourth-order valence-electron chi connectivity index (χ4n) is 3.31. The molecule has 1 aliphatic rings. The molecule has 2 heterocycles. The van der Waals surface area contributed by atoms with Gasteiger partial charge in [-0.05, 0) is 59.8 Å². The predicted molar refractivity (Wildman–Crippen MR) is 118 cm³/mol. The van der Waals surface area contributed by atoms with Gasteiger partial charge in [0.15, 0.2) is 0 Å². The molecule has 0 fully saturated rings. The Balaban J connectivity index is 1.40. The number of carbonyl (C=O) groups is 2. The Morgan fingerprint density at radius 2 is 1.86 bits per heavy atom. The minimum atomic E-state index is -0.247. The summed E-state index contributed by atoms with van der Waals surface area (Å²) in [4.78, 5) is 28.6. The molecule has 0 radical (unpaired) electrons. The second-order valence-electron chi connectivity index (χ2n) is 6.79. The normalized spacial score (nSPS) is 12.9. The van der Waals surface area contributed by atoms with Crippen molar-refractivity contribution in [2.75, 3.05) is 23.7 Å². The number of carbonyl (C=O) groups excluding carboxylic acids is 2. The molecule has 0 bridgehead atoms. The minimum Gasteiger partial charge on any atom is -0.376 e. The SMILES string of the molecule is O=C(Nc1ccc(Cl)cc1)c1ccccc1NCC(=O)N1CCc2sccc2C1. The van der Waals surface area contributed by atoms with Gasteiger partial charge in [-0.25, -0.2) is 0 Å². The fraction of sp³-hybridized carbons (Fsp3) is 0.182. The molecule has 7 heteroatoms. The topological polar surface area (TPSA) is 61.4 Å². The summed E-state index contributed by atoms with van der Waals surface area (Å²) < 4.78 is 0. The third-order valence-electron chi connectivity index (χ3n) is 4.86. The van der Waals surface area contributed by atoms with Gasteiger partial charge >= 0.3 is 0 Å². The molecule has 1 aromatic heterocycles. The van der Waals surface area contributed by atoms with E-state index in [1.807, 2.05) is 11.0 Å². The Morgan fingerprint density at radius 3 is 2.69 bits per heavy atom. The Kier molecular flexibility index (Phi) is 5.83. The molecule has 0 atom stereocenters. The van der Waals surface area contributed by atoms with Crippen molar-refractivity contribution >= 4 is 46.1 Å². The maximum absolute atomic E-state index is 12.7. The first-order valence-electron chi connectivity index (χ1n) is 9.33. The van der Waals surface area contributed by atoms with Gasteiger partial charge in [-0.15, -0.1) is 11.3 Å². The number of halogens is 1. The quantitative estimate of drug-likeness (QED) is 0.625. The first kappa shape index (κ1) is 19.5. The molecule has 2 amide bonds. The lowest BCUT2D eigenvalue weighted by Crippen LogP contribution is -2.39. The zero-order valence-electron chi connectivity index (χ0n) is 15.7. The maximum atomic E-state index is 12.7. The number of anilines is 2. The van der Waals surface area contributed by atoms with E-state index in [1.54, 1.807) is 53.8 Å². The van der Waals surface area contributed by atoms with E-state index in [4.69, 9.17) is 11.6 Å². The summed E-state index contributed by atoms with van der Waals surface area (Å²) in [7, 11) is 0. The van der Waals surface area contributed by atoms with Crippen LogP contribution >= 0.6 is 22.9 Å². The van der Waals surface area contributed by atoms with Gasteiger partial charge in [0.25, 0.3) is 5.91 Å². The summed E-state index contributed by atoms with van der Waals surface area (Å²) in [5, 5.41) is 8.67. The summed E-state index contributed by atoms with van der Waals surface area (Å²) in [5.74, 6) is -0.224. The van der Waals surface area contributed by atoms with Crippen LogP contribution in [0.4, 0.5) is 11.4 Å². The Bertz CT molecular complexity index is 1030. The smallest absolute Gasteiger partial charge is 0.257 e. The van der Waals surface area contributed by atoms with Crippen molar-refractivity contribution in [2.45, 2.75) is 13.0 Å². The fourth-order valence-corrected chi connectivity index (χ4v) is 4.33. The standard InChI is InChI=1S/C22H20ClN3O2S/c23-16-5-7-17(8-6-16)25-22(28)18-3-1-2-4-19(18)24-13-21(27)26-11-9-20-15(14-26)10-12-29-20/h1-8,10,12,24H,9,11,13-14H2,(H,25,28). The highest BCUT2D eigenvalue weighted by Gasteiger charge is 2.21. The Labute approximate surface area is 178 Å². The molecule has 2 aromatic carbocycles. The van der Waals surface area contributed by atoms with Gasteiger partial charge in [-0.3, -0.25) is 9.59 Å². The first-order valence-corrected chi connectivity index (χ1v) is 10.6. The third kappa shape index (κ3) is 4.60. The molecule has 0 unspecified atom stereocenters. The van der Waals surface area contributed by atoms with Crippen LogP contribution in [0.3, 0.4) is 0 Å². The molecule has 148 valence electrons. The highest BCUT2D eigenvalue weighted by Crippen LogP contribution is 2.24. The van der Waals surface area contributed by atoms with Crippen LogP contribution in [0, 0.1) is 0 Å². The number of fused-ring (bicyclic) bond motifs is 1. The van der Waals surface area contributed by atoms with E-state index >= 15 is 0 Å². The lowest BCUT2D eigenvalue weighted by atomic mass is 10.1. The lowest BCUT2D eigenvalue weighted by Gasteiger charge is -2.27. The first-order chi connectivity index (χ1) is 14.1. The van der Waals surface area contributed by atoms with Crippen LogP contribution in [0.25, 0.3) is 0 Å². The van der Waals surface area contributed by atoms with E-state index in [9.17, 15) is 9.59 Å². The number of benzene rings is 2. The van der Waals surface area contributed by atoms with Crippen molar-refractivity contribution in [1.82, 2.24) is 4.90 Å². The Morgan fingerprint density at radius 1 is 1.07 bits per heavy atom. The van der Waals surface area contributed by atoms with E-state index in [2.05, 4.69) is 22.1 Å². The molecular weight excluding hydrogens is 406 g/mol. The molecule has 0 saturated carbocycles. The minimum absolute atomic E-state index is 0.0229. The van der Waals surface area contributed by atoms with Crippen LogP contribution in [-0.2, 0) is 17.8 Å². The lowest BCUT2D eigenvalue weighted by molar-refractivity contribution is -0.130. The van der Waals surface area contributed by atoms with E-state index in [1.165, 1.54) is 10.4 Å². The molecule has 1 aliphatic heterocycles. The van der Waals surface area contributed by atoms with Gasteiger partial charge in [-0.2, -0.15) is 0 Å². The van der Waals surface area contributed by atoms with Gasteiger partial charge in [0, 0.05) is 34.4 Å². The summed E-state index contributed by atoms with van der Waals surface area (Å²) in [5.41, 5.74) is 3.00. The summed E-state index contributed by atoms with van der Waals surface area (Å²) >= 11 is 7.64. The van der Waals surface area contributed by atoms with Gasteiger partial charge in [0.05, 0.1) is 12.1 Å². The van der Waals surface area contributed by atoms with Gasteiger partial charge in [-0.1, -0.05) is 23.7 Å². The van der Waals surface area contributed by atoms with Crippen molar-refractivity contribution in [2.24, 2.45) is 0 Å². The molecule has 2 N–H and O–H groups in total. The number of thiophene rings is 1. The highest BCUT2D eigenvalue weighted by molar-refractivity contribution is 7.10. The number of nitrogens with one attached hydrogen (secondary N) is 2. The van der Waals surface area contributed by atoms with E-state index in [-0.39, 0.29) is 18.4 Å². The van der Waals surface area contributed by atoms with Gasteiger partial charge < -0.3 is 15.5 Å². The van der Waals surface area contributed by atoms with Crippen molar-refractivity contribution in [3.05, 3.63) is 81.0 Å². The molecule has 5 nitrogen and oxygen atoms in total. The summed E-state index contributed by atoms with van der Waals surface area (Å²) in [6.07, 6.45) is 0.902. The number of hydrogen-bond donors (Lipinski definition) is 2. The van der Waals surface area contributed by atoms with Crippen LogP contribution in [0.1, 0.15) is 20.8 Å². The molecular formula is C22H20ClN3O2S. The predicted octanol–water partition coefficient (Wildman–Crippen LogP) is 4.65. The second-order valence-corrected chi connectivity index (χ2v) is 8.23. The number of amides is 2. The van der Waals surface area contributed by atoms with E-state index in [0.717, 1.165) is 13.0 Å². The van der Waals surface area contributed by atoms with E-state index in [0.29, 0.717) is 28.5 Å². The van der Waals surface area contributed by atoms with Crippen LogP contribution in [0.15, 0.2) is 60.0 Å². The largest absolute Gasteiger partial charge is 0.376 e. The van der Waals surface area contributed by atoms with Crippen molar-refractivity contribution in [3.63, 3.8) is 0 Å². The van der Waals surface area contributed by atoms with Crippen molar-refractivity contribution < 1.29 is 9.59 Å². The monoisotopic (exact) mass is 425 g/mol. The summed E-state index contributed by atoms with van der Waals surface area (Å²) in [6, 6.07) is 16.2. The van der Waals surface area contributed by atoms with Crippen LogP contribution in [-0.4, -0.2) is 29.8 Å². The number of nitrogens with zero attached hydrogens (tertiary/aromatic N) is 1. The summed E-state index contributed by atoms with van der Waals surface area (Å²) in [6.45, 7) is 1.52. The number of para-hydroxylation sites is 1. The van der Waals surface area contributed by atoms with Crippen LogP contribution in [0.2, 0.25) is 5.02 Å². The Hall–Kier alpha value is -2.83. The molecule has 0 saturated heterocycles. The average Bonchev–Trinajstić information content (AvgIpc) is 3.21. The molecule has 0 aliphatic carbocycles. The second kappa shape index (κ2) is 8.68. The molecule has 4 rings (SSSR count). The van der Waals surface area contributed by atoms with Gasteiger partial charge in [0.2, 0.25) is 5.91 Å². The maximum Gasteiger partial charge on any atom is 0.257 e. The third-order valence-corrected chi connectivity index (χ3v) is 6.14. The van der Waals surface area contributed by atoms with E-state index < -0.39 is 0 Å². The highest BCUT2D eigenvalue weighted by atomic mass is 35.5. The molecule has 29 heavy (non-hydrogen) atoms. The van der Waals surface area contributed by atoms with Crippen molar-refractivity contribution in [3.8, 4) is 0 Å².